The summed E-state index contributed by atoms with van der Waals surface area (Å²) in [5.41, 5.74) is 1.06. The van der Waals surface area contributed by atoms with Crippen molar-refractivity contribution in [1.82, 2.24) is 0 Å². The molecular formula is C13H20N2O4. The van der Waals surface area contributed by atoms with E-state index in [0.717, 1.165) is 0 Å². The van der Waals surface area contributed by atoms with E-state index in [1.807, 2.05) is 6.92 Å². The van der Waals surface area contributed by atoms with Gasteiger partial charge in [-0.2, -0.15) is 0 Å². The summed E-state index contributed by atoms with van der Waals surface area (Å²) in [5, 5.41) is 20.6. The fraction of sp³-hybridized carbons (Fsp3) is 0.538. The van der Waals surface area contributed by atoms with Crippen molar-refractivity contribution in [3.05, 3.63) is 33.9 Å². The molecule has 19 heavy (non-hydrogen) atoms. The zero-order valence-corrected chi connectivity index (χ0v) is 11.5. The predicted octanol–water partition coefficient (Wildman–Crippen LogP) is 2.12. The molecule has 6 heteroatoms. The minimum Gasteiger partial charge on any atom is -0.389 e. The molecule has 1 atom stereocenters. The Morgan fingerprint density at radius 2 is 2.21 bits per heavy atom. The standard InChI is InChI=1S/C13H20N2O4/c1-4-19-8-7-14(3)12-6-5-11(10(2)16)9-13(12)15(17)18/h5-6,9-10,16H,4,7-8H2,1-3H3/t10-/m0/s1. The van der Waals surface area contributed by atoms with Gasteiger partial charge in [0.1, 0.15) is 5.69 Å². The van der Waals surface area contributed by atoms with E-state index < -0.39 is 11.0 Å². The molecule has 0 bridgehead atoms. The molecule has 1 aromatic carbocycles. The van der Waals surface area contributed by atoms with E-state index in [1.54, 1.807) is 31.0 Å². The molecule has 106 valence electrons. The second-order valence-electron chi connectivity index (χ2n) is 4.30. The molecule has 0 saturated carbocycles. The number of anilines is 1. The first-order chi connectivity index (χ1) is 8.97. The van der Waals surface area contributed by atoms with E-state index in [0.29, 0.717) is 31.0 Å². The SMILES string of the molecule is CCOCCN(C)c1ccc([C@H](C)O)cc1[N+](=O)[O-]. The Labute approximate surface area is 112 Å². The molecule has 0 radical (unpaired) electrons. The first-order valence-electron chi connectivity index (χ1n) is 6.22. The van der Waals surface area contributed by atoms with Gasteiger partial charge < -0.3 is 14.7 Å². The third-order valence-corrected chi connectivity index (χ3v) is 2.86. The zero-order valence-electron chi connectivity index (χ0n) is 11.5. The van der Waals surface area contributed by atoms with E-state index >= 15 is 0 Å². The van der Waals surface area contributed by atoms with Gasteiger partial charge in [0.2, 0.25) is 0 Å². The number of nitrogens with zero attached hydrogens (tertiary/aromatic N) is 2. The maximum atomic E-state index is 11.1. The molecule has 6 nitrogen and oxygen atoms in total. The lowest BCUT2D eigenvalue weighted by Gasteiger charge is -2.19. The highest BCUT2D eigenvalue weighted by atomic mass is 16.6. The summed E-state index contributed by atoms with van der Waals surface area (Å²) in [6, 6.07) is 4.77. The van der Waals surface area contributed by atoms with Gasteiger partial charge in [0, 0.05) is 26.3 Å². The predicted molar refractivity (Wildman–Crippen MR) is 73.5 cm³/mol. The number of ether oxygens (including phenoxy) is 1. The Morgan fingerprint density at radius 3 is 2.74 bits per heavy atom. The third kappa shape index (κ3) is 4.18. The minimum absolute atomic E-state index is 0.00241. The first-order valence-corrected chi connectivity index (χ1v) is 6.22. The van der Waals surface area contributed by atoms with Crippen molar-refractivity contribution >= 4 is 11.4 Å². The summed E-state index contributed by atoms with van der Waals surface area (Å²) in [6.07, 6.45) is -0.721. The molecule has 1 aromatic rings. The van der Waals surface area contributed by atoms with Crippen LogP contribution in [0.5, 0.6) is 0 Å². The van der Waals surface area contributed by atoms with Crippen molar-refractivity contribution in [3.63, 3.8) is 0 Å². The molecule has 0 fully saturated rings. The van der Waals surface area contributed by atoms with Crippen LogP contribution in [0.2, 0.25) is 0 Å². The van der Waals surface area contributed by atoms with Gasteiger partial charge in [0.25, 0.3) is 5.69 Å². The molecule has 0 aliphatic carbocycles. The number of hydrogen-bond acceptors (Lipinski definition) is 5. The van der Waals surface area contributed by atoms with Gasteiger partial charge in [0.05, 0.1) is 17.6 Å². The lowest BCUT2D eigenvalue weighted by atomic mass is 10.1. The van der Waals surface area contributed by atoms with Crippen molar-refractivity contribution < 1.29 is 14.8 Å². The van der Waals surface area contributed by atoms with Gasteiger partial charge in [-0.25, -0.2) is 0 Å². The Bertz CT molecular complexity index is 435. The average molecular weight is 268 g/mol. The van der Waals surface area contributed by atoms with Gasteiger partial charge in [-0.3, -0.25) is 10.1 Å². The van der Waals surface area contributed by atoms with E-state index in [1.165, 1.54) is 6.07 Å². The number of aliphatic hydroxyl groups excluding tert-OH is 1. The second kappa shape index (κ2) is 7.06. The quantitative estimate of drug-likeness (QED) is 0.465. The van der Waals surface area contributed by atoms with Crippen LogP contribution in [0.4, 0.5) is 11.4 Å². The molecule has 0 heterocycles. The lowest BCUT2D eigenvalue weighted by molar-refractivity contribution is -0.384. The van der Waals surface area contributed by atoms with E-state index in [-0.39, 0.29) is 5.69 Å². The maximum absolute atomic E-state index is 11.1. The van der Waals surface area contributed by atoms with Crippen molar-refractivity contribution in [2.45, 2.75) is 20.0 Å². The summed E-state index contributed by atoms with van der Waals surface area (Å²) >= 11 is 0. The van der Waals surface area contributed by atoms with Gasteiger partial charge >= 0.3 is 0 Å². The van der Waals surface area contributed by atoms with Crippen LogP contribution in [0, 0.1) is 10.1 Å². The fourth-order valence-corrected chi connectivity index (χ4v) is 1.74. The molecule has 0 saturated heterocycles. The average Bonchev–Trinajstić information content (AvgIpc) is 2.38. The fourth-order valence-electron chi connectivity index (χ4n) is 1.74. The Balaban J connectivity index is 2.96. The number of aliphatic hydroxyl groups is 1. The van der Waals surface area contributed by atoms with Crippen LogP contribution in [0.15, 0.2) is 18.2 Å². The summed E-state index contributed by atoms with van der Waals surface area (Å²) in [6.45, 7) is 5.19. The topological polar surface area (TPSA) is 75.8 Å². The van der Waals surface area contributed by atoms with E-state index in [4.69, 9.17) is 4.74 Å². The van der Waals surface area contributed by atoms with Crippen molar-refractivity contribution in [2.24, 2.45) is 0 Å². The third-order valence-electron chi connectivity index (χ3n) is 2.86. The Morgan fingerprint density at radius 1 is 1.53 bits per heavy atom. The highest BCUT2D eigenvalue weighted by Gasteiger charge is 2.18. The van der Waals surface area contributed by atoms with Gasteiger partial charge in [0.15, 0.2) is 0 Å². The van der Waals surface area contributed by atoms with Crippen LogP contribution in [0.3, 0.4) is 0 Å². The molecule has 0 aliphatic rings. The maximum Gasteiger partial charge on any atom is 0.292 e. The molecule has 1 N–H and O–H groups in total. The van der Waals surface area contributed by atoms with Crippen LogP contribution in [-0.2, 0) is 4.74 Å². The number of nitro groups is 1. The lowest BCUT2D eigenvalue weighted by Crippen LogP contribution is -2.23. The molecular weight excluding hydrogens is 248 g/mol. The number of rotatable bonds is 7. The van der Waals surface area contributed by atoms with Crippen LogP contribution < -0.4 is 4.90 Å². The summed E-state index contributed by atoms with van der Waals surface area (Å²) in [7, 11) is 1.78. The largest absolute Gasteiger partial charge is 0.389 e. The van der Waals surface area contributed by atoms with Gasteiger partial charge in [-0.15, -0.1) is 0 Å². The van der Waals surface area contributed by atoms with Crippen LogP contribution >= 0.6 is 0 Å². The molecule has 1 rings (SSSR count). The van der Waals surface area contributed by atoms with Crippen LogP contribution in [0.25, 0.3) is 0 Å². The van der Waals surface area contributed by atoms with Crippen molar-refractivity contribution in [2.75, 3.05) is 31.7 Å². The van der Waals surface area contributed by atoms with E-state index in [2.05, 4.69) is 0 Å². The molecule has 0 unspecified atom stereocenters. The summed E-state index contributed by atoms with van der Waals surface area (Å²) in [4.78, 5) is 12.4. The monoisotopic (exact) mass is 268 g/mol. The molecule has 0 spiro atoms. The minimum atomic E-state index is -0.721. The Hall–Kier alpha value is -1.66. The van der Waals surface area contributed by atoms with Crippen molar-refractivity contribution in [3.8, 4) is 0 Å². The molecule has 0 aromatic heterocycles. The highest BCUT2D eigenvalue weighted by molar-refractivity contribution is 5.64. The van der Waals surface area contributed by atoms with Crippen LogP contribution in [-0.4, -0.2) is 36.8 Å². The number of nitro benzene ring substituents is 1. The van der Waals surface area contributed by atoms with Crippen molar-refractivity contribution in [1.29, 1.82) is 0 Å². The molecule has 0 aliphatic heterocycles. The molecule has 0 amide bonds. The Kier molecular flexibility index (Phi) is 5.72. The summed E-state index contributed by atoms with van der Waals surface area (Å²) < 4.78 is 5.24. The van der Waals surface area contributed by atoms with Gasteiger partial charge in [-0.1, -0.05) is 6.07 Å². The first kappa shape index (κ1) is 15.4. The zero-order chi connectivity index (χ0) is 14.4. The number of likely N-dealkylation sites (N-methyl/N-ethyl adjacent to an activating group) is 1. The number of hydrogen-bond donors (Lipinski definition) is 1. The smallest absolute Gasteiger partial charge is 0.292 e. The van der Waals surface area contributed by atoms with Crippen LogP contribution in [0.1, 0.15) is 25.5 Å². The highest BCUT2D eigenvalue weighted by Crippen LogP contribution is 2.30. The van der Waals surface area contributed by atoms with E-state index in [9.17, 15) is 15.2 Å². The second-order valence-corrected chi connectivity index (χ2v) is 4.30. The summed E-state index contributed by atoms with van der Waals surface area (Å²) in [5.74, 6) is 0. The van der Waals surface area contributed by atoms with Gasteiger partial charge in [-0.05, 0) is 25.5 Å². The normalized spacial score (nSPS) is 12.2. The number of benzene rings is 1.